The van der Waals surface area contributed by atoms with Gasteiger partial charge in [-0.1, -0.05) is 24.3 Å². The van der Waals surface area contributed by atoms with E-state index < -0.39 is 0 Å². The maximum atomic E-state index is 12.4. The summed E-state index contributed by atoms with van der Waals surface area (Å²) in [5.74, 6) is 0.987. The molecule has 0 unspecified atom stereocenters. The third-order valence-corrected chi connectivity index (χ3v) is 5.49. The molecule has 3 aliphatic rings. The molecule has 0 aromatic heterocycles. The van der Waals surface area contributed by atoms with Crippen LogP contribution in [0.4, 0.5) is 0 Å². The van der Waals surface area contributed by atoms with Gasteiger partial charge in [-0.25, -0.2) is 0 Å². The molecule has 4 nitrogen and oxygen atoms in total. The van der Waals surface area contributed by atoms with Gasteiger partial charge in [-0.05, 0) is 43.2 Å². The highest BCUT2D eigenvalue weighted by Crippen LogP contribution is 2.33. The van der Waals surface area contributed by atoms with Crippen LogP contribution in [0.25, 0.3) is 0 Å². The summed E-state index contributed by atoms with van der Waals surface area (Å²) in [5, 5.41) is 3.14. The van der Waals surface area contributed by atoms with Crippen LogP contribution in [0.2, 0.25) is 0 Å². The van der Waals surface area contributed by atoms with Crippen LogP contribution in [0, 0.1) is 18.8 Å². The van der Waals surface area contributed by atoms with E-state index in [0.717, 1.165) is 38.5 Å². The van der Waals surface area contributed by atoms with Crippen LogP contribution in [-0.2, 0) is 16.1 Å². The van der Waals surface area contributed by atoms with E-state index in [1.807, 2.05) is 0 Å². The fourth-order valence-electron chi connectivity index (χ4n) is 3.87. The predicted octanol–water partition coefficient (Wildman–Crippen LogP) is 2.11. The minimum Gasteiger partial charge on any atom is -0.371 e. The molecule has 4 rings (SSSR count). The van der Waals surface area contributed by atoms with E-state index in [9.17, 15) is 4.79 Å². The number of fused-ring (bicyclic) bond motifs is 2. The van der Waals surface area contributed by atoms with Gasteiger partial charge >= 0.3 is 0 Å². The number of hydrogen-bond donors (Lipinski definition) is 1. The lowest BCUT2D eigenvalue weighted by Crippen LogP contribution is -2.45. The Morgan fingerprint density at radius 1 is 1.30 bits per heavy atom. The molecule has 3 fully saturated rings. The van der Waals surface area contributed by atoms with Gasteiger partial charge in [-0.2, -0.15) is 0 Å². The van der Waals surface area contributed by atoms with Crippen LogP contribution in [0.5, 0.6) is 0 Å². The molecule has 1 aliphatic carbocycles. The number of hydrogen-bond acceptors (Lipinski definition) is 3. The highest BCUT2D eigenvalue weighted by Gasteiger charge is 2.44. The Labute approximate surface area is 138 Å². The summed E-state index contributed by atoms with van der Waals surface area (Å²) in [6.07, 6.45) is 3.72. The van der Waals surface area contributed by atoms with E-state index in [1.54, 1.807) is 0 Å². The second-order valence-corrected chi connectivity index (χ2v) is 7.45. The summed E-state index contributed by atoms with van der Waals surface area (Å²) in [4.78, 5) is 14.9. The van der Waals surface area contributed by atoms with Crippen molar-refractivity contribution in [1.82, 2.24) is 10.2 Å². The molecular weight excluding hydrogens is 288 g/mol. The first-order valence-electron chi connectivity index (χ1n) is 8.89. The normalized spacial score (nSPS) is 30.4. The van der Waals surface area contributed by atoms with Crippen molar-refractivity contribution < 1.29 is 9.53 Å². The van der Waals surface area contributed by atoms with Crippen molar-refractivity contribution in [3.8, 4) is 0 Å². The average molecular weight is 314 g/mol. The second kappa shape index (κ2) is 6.25. The Bertz CT molecular complexity index is 584. The first-order chi connectivity index (χ1) is 11.2. The predicted molar refractivity (Wildman–Crippen MR) is 89.0 cm³/mol. The van der Waals surface area contributed by atoms with Crippen molar-refractivity contribution in [1.29, 1.82) is 0 Å². The number of morpholine rings is 1. The van der Waals surface area contributed by atoms with E-state index >= 15 is 0 Å². The zero-order chi connectivity index (χ0) is 15.8. The maximum Gasteiger partial charge on any atom is 0.225 e. The van der Waals surface area contributed by atoms with Gasteiger partial charge in [0.05, 0.1) is 18.1 Å². The lowest BCUT2D eigenvalue weighted by atomic mass is 9.99. The number of aryl methyl sites for hydroxylation is 1. The Balaban J connectivity index is 1.36. The van der Waals surface area contributed by atoms with Crippen LogP contribution in [0.3, 0.4) is 0 Å². The van der Waals surface area contributed by atoms with Crippen molar-refractivity contribution in [2.24, 2.45) is 11.8 Å². The standard InChI is InChI=1S/C19H26N2O2/c1-13-4-2-3-5-15(13)10-21-11-16-8-17(18(12-21)23-16)19(22)20-9-14-6-7-14/h2-5,14,16-18H,6-12H2,1H3,(H,20,22)/t16-,17+,18-/m0/s1. The molecule has 3 atom stereocenters. The fraction of sp³-hybridized carbons (Fsp3) is 0.632. The van der Waals surface area contributed by atoms with Crippen LogP contribution < -0.4 is 5.32 Å². The minimum atomic E-state index is 0.0422. The van der Waals surface area contributed by atoms with E-state index in [0.29, 0.717) is 0 Å². The molecule has 1 N–H and O–H groups in total. The highest BCUT2D eigenvalue weighted by molar-refractivity contribution is 5.79. The average Bonchev–Trinajstić information content (AvgIpc) is 3.32. The minimum absolute atomic E-state index is 0.0422. The van der Waals surface area contributed by atoms with E-state index in [4.69, 9.17) is 4.74 Å². The molecule has 0 radical (unpaired) electrons. The van der Waals surface area contributed by atoms with Crippen molar-refractivity contribution in [3.05, 3.63) is 35.4 Å². The Morgan fingerprint density at radius 2 is 2.13 bits per heavy atom. The molecule has 2 heterocycles. The largest absolute Gasteiger partial charge is 0.371 e. The van der Waals surface area contributed by atoms with Gasteiger partial charge in [0, 0.05) is 26.2 Å². The quantitative estimate of drug-likeness (QED) is 0.905. The van der Waals surface area contributed by atoms with Gasteiger partial charge in [-0.3, -0.25) is 9.69 Å². The lowest BCUT2D eigenvalue weighted by Gasteiger charge is -2.33. The zero-order valence-electron chi connectivity index (χ0n) is 13.8. The van der Waals surface area contributed by atoms with Crippen molar-refractivity contribution >= 4 is 5.91 Å². The fourth-order valence-corrected chi connectivity index (χ4v) is 3.87. The van der Waals surface area contributed by atoms with Crippen LogP contribution in [0.1, 0.15) is 30.4 Å². The molecule has 2 bridgehead atoms. The number of benzene rings is 1. The van der Waals surface area contributed by atoms with Gasteiger partial charge in [0.2, 0.25) is 5.91 Å². The monoisotopic (exact) mass is 314 g/mol. The van der Waals surface area contributed by atoms with Crippen LogP contribution in [0.15, 0.2) is 24.3 Å². The molecule has 0 spiro atoms. The van der Waals surface area contributed by atoms with Crippen molar-refractivity contribution in [2.75, 3.05) is 19.6 Å². The van der Waals surface area contributed by atoms with E-state index in [-0.39, 0.29) is 24.0 Å². The summed E-state index contributed by atoms with van der Waals surface area (Å²) >= 11 is 0. The van der Waals surface area contributed by atoms with E-state index in [1.165, 1.54) is 24.0 Å². The number of nitrogens with one attached hydrogen (secondary N) is 1. The Hall–Kier alpha value is -1.39. The molecular formula is C19H26N2O2. The number of nitrogens with zero attached hydrogens (tertiary/aromatic N) is 1. The van der Waals surface area contributed by atoms with Crippen LogP contribution >= 0.6 is 0 Å². The van der Waals surface area contributed by atoms with Crippen molar-refractivity contribution in [3.63, 3.8) is 0 Å². The summed E-state index contributed by atoms with van der Waals surface area (Å²) in [5.41, 5.74) is 2.72. The maximum absolute atomic E-state index is 12.4. The van der Waals surface area contributed by atoms with Crippen molar-refractivity contribution in [2.45, 2.75) is 44.9 Å². The van der Waals surface area contributed by atoms with E-state index in [2.05, 4.69) is 41.4 Å². The lowest BCUT2D eigenvalue weighted by molar-refractivity contribution is -0.128. The molecule has 2 saturated heterocycles. The Kier molecular flexibility index (Phi) is 4.12. The SMILES string of the molecule is Cc1ccccc1CN1C[C@@H]2C[C@@H](C(=O)NCC3CC3)[C@H](C1)O2. The summed E-state index contributed by atoms with van der Waals surface area (Å²) in [7, 11) is 0. The summed E-state index contributed by atoms with van der Waals surface area (Å²) in [6.45, 7) is 5.79. The number of amides is 1. The van der Waals surface area contributed by atoms with Gasteiger partial charge < -0.3 is 10.1 Å². The highest BCUT2D eigenvalue weighted by atomic mass is 16.5. The van der Waals surface area contributed by atoms with Gasteiger partial charge in [-0.15, -0.1) is 0 Å². The molecule has 1 aromatic carbocycles. The van der Waals surface area contributed by atoms with Gasteiger partial charge in [0.25, 0.3) is 0 Å². The topological polar surface area (TPSA) is 41.6 Å². The van der Waals surface area contributed by atoms with Crippen LogP contribution in [-0.4, -0.2) is 42.6 Å². The smallest absolute Gasteiger partial charge is 0.225 e. The number of ether oxygens (including phenoxy) is 1. The molecule has 1 aromatic rings. The summed E-state index contributed by atoms with van der Waals surface area (Å²) < 4.78 is 6.05. The first kappa shape index (κ1) is 15.2. The molecule has 2 aliphatic heterocycles. The molecule has 4 heteroatoms. The number of carbonyl (C=O) groups excluding carboxylic acids is 1. The van der Waals surface area contributed by atoms with Gasteiger partial charge in [0.1, 0.15) is 0 Å². The number of rotatable bonds is 5. The first-order valence-corrected chi connectivity index (χ1v) is 8.89. The Morgan fingerprint density at radius 3 is 2.91 bits per heavy atom. The third kappa shape index (κ3) is 3.43. The third-order valence-electron chi connectivity index (χ3n) is 5.49. The summed E-state index contributed by atoms with van der Waals surface area (Å²) in [6, 6.07) is 8.55. The number of likely N-dealkylation sites (tertiary alicyclic amines) is 1. The zero-order valence-corrected chi connectivity index (χ0v) is 13.8. The number of carbonyl (C=O) groups is 1. The second-order valence-electron chi connectivity index (χ2n) is 7.45. The molecule has 1 amide bonds. The molecule has 124 valence electrons. The molecule has 23 heavy (non-hydrogen) atoms. The molecule has 1 saturated carbocycles. The van der Waals surface area contributed by atoms with Gasteiger partial charge in [0.15, 0.2) is 0 Å².